The first-order valence-corrected chi connectivity index (χ1v) is 10.5. The maximum atomic E-state index is 13.3. The van der Waals surface area contributed by atoms with E-state index in [-0.39, 0.29) is 24.4 Å². The van der Waals surface area contributed by atoms with Crippen molar-refractivity contribution in [2.75, 3.05) is 6.61 Å². The van der Waals surface area contributed by atoms with Crippen LogP contribution in [-0.2, 0) is 16.0 Å². The highest BCUT2D eigenvalue weighted by molar-refractivity contribution is 6.09. The number of aromatic nitrogens is 1. The number of amides is 1. The zero-order valence-electron chi connectivity index (χ0n) is 18.3. The van der Waals surface area contributed by atoms with Crippen LogP contribution in [0.3, 0.4) is 0 Å². The Labute approximate surface area is 181 Å². The summed E-state index contributed by atoms with van der Waals surface area (Å²) in [5.74, 6) is 0.00810. The molecule has 1 N–H and O–H groups in total. The first-order valence-electron chi connectivity index (χ1n) is 10.5. The Kier molecular flexibility index (Phi) is 6.95. The topological polar surface area (TPSA) is 90.5 Å². The third-order valence-electron chi connectivity index (χ3n) is 5.34. The van der Waals surface area contributed by atoms with Gasteiger partial charge in [-0.25, -0.2) is 0 Å². The fourth-order valence-electron chi connectivity index (χ4n) is 3.84. The van der Waals surface area contributed by atoms with Gasteiger partial charge in [0.1, 0.15) is 11.5 Å². The van der Waals surface area contributed by atoms with Crippen molar-refractivity contribution in [2.24, 2.45) is 5.92 Å². The third-order valence-corrected chi connectivity index (χ3v) is 5.34. The molecule has 7 nitrogen and oxygen atoms in total. The number of rotatable bonds is 8. The monoisotopic (exact) mass is 424 g/mol. The first-order chi connectivity index (χ1) is 14.8. The van der Waals surface area contributed by atoms with Gasteiger partial charge in [0.15, 0.2) is 0 Å². The van der Waals surface area contributed by atoms with Gasteiger partial charge in [0.2, 0.25) is 5.91 Å². The van der Waals surface area contributed by atoms with E-state index in [1.165, 1.54) is 11.5 Å². The van der Waals surface area contributed by atoms with E-state index in [1.54, 1.807) is 25.3 Å². The minimum absolute atomic E-state index is 0.184. The number of ether oxygens (including phenoxy) is 1. The normalized spacial score (nSPS) is 13.0. The van der Waals surface area contributed by atoms with Crippen LogP contribution in [-0.4, -0.2) is 35.0 Å². The predicted octanol–water partition coefficient (Wildman–Crippen LogP) is 4.13. The van der Waals surface area contributed by atoms with Crippen LogP contribution in [0.2, 0.25) is 0 Å². The molecule has 0 saturated heterocycles. The molecule has 1 aromatic carbocycles. The number of carbonyl (C=O) groups is 3. The van der Waals surface area contributed by atoms with Gasteiger partial charge in [-0.3, -0.25) is 19.0 Å². The molecule has 0 fully saturated rings. The van der Waals surface area contributed by atoms with Gasteiger partial charge in [0.25, 0.3) is 5.91 Å². The van der Waals surface area contributed by atoms with Gasteiger partial charge in [-0.05, 0) is 38.5 Å². The van der Waals surface area contributed by atoms with Crippen LogP contribution in [0.1, 0.15) is 53.9 Å². The molecule has 2 unspecified atom stereocenters. The molecule has 7 heteroatoms. The Hall–Kier alpha value is -3.35. The number of esters is 1. The lowest BCUT2D eigenvalue weighted by atomic mass is 9.93. The van der Waals surface area contributed by atoms with Crippen molar-refractivity contribution in [3.05, 3.63) is 59.7 Å². The van der Waals surface area contributed by atoms with Crippen LogP contribution in [0.15, 0.2) is 47.0 Å². The van der Waals surface area contributed by atoms with Crippen molar-refractivity contribution < 1.29 is 23.5 Å². The molecule has 2 aromatic heterocycles. The Balaban J connectivity index is 1.95. The van der Waals surface area contributed by atoms with Gasteiger partial charge >= 0.3 is 5.97 Å². The molecule has 0 aliphatic heterocycles. The van der Waals surface area contributed by atoms with Crippen LogP contribution in [0.25, 0.3) is 10.9 Å². The Morgan fingerprint density at radius 2 is 1.87 bits per heavy atom. The maximum absolute atomic E-state index is 13.3. The highest BCUT2D eigenvalue weighted by Gasteiger charge is 2.31. The molecular formula is C24H28N2O5. The smallest absolute Gasteiger partial charge is 0.311 e. The van der Waals surface area contributed by atoms with E-state index >= 15 is 0 Å². The van der Waals surface area contributed by atoms with E-state index < -0.39 is 12.0 Å². The molecule has 2 atom stereocenters. The van der Waals surface area contributed by atoms with Crippen LogP contribution in [0, 0.1) is 12.8 Å². The van der Waals surface area contributed by atoms with Crippen molar-refractivity contribution in [1.29, 1.82) is 0 Å². The highest BCUT2D eigenvalue weighted by atomic mass is 16.5. The summed E-state index contributed by atoms with van der Waals surface area (Å²) < 4.78 is 12.4. The zero-order chi connectivity index (χ0) is 22.5. The van der Waals surface area contributed by atoms with Crippen LogP contribution < -0.4 is 5.32 Å². The zero-order valence-corrected chi connectivity index (χ0v) is 18.3. The average molecular weight is 424 g/mol. The van der Waals surface area contributed by atoms with Gasteiger partial charge in [-0.15, -0.1) is 0 Å². The minimum atomic E-state index is -0.532. The Bertz CT molecular complexity index is 1090. The predicted molar refractivity (Wildman–Crippen MR) is 117 cm³/mol. The van der Waals surface area contributed by atoms with Gasteiger partial charge < -0.3 is 14.5 Å². The summed E-state index contributed by atoms with van der Waals surface area (Å²) in [5, 5.41) is 3.67. The molecule has 0 aliphatic rings. The van der Waals surface area contributed by atoms with E-state index in [4.69, 9.17) is 9.15 Å². The summed E-state index contributed by atoms with van der Waals surface area (Å²) in [6.07, 6.45) is 2.39. The van der Waals surface area contributed by atoms with E-state index in [0.29, 0.717) is 35.1 Å². The molecule has 0 spiro atoms. The maximum Gasteiger partial charge on any atom is 0.311 e. The van der Waals surface area contributed by atoms with Crippen molar-refractivity contribution in [2.45, 2.75) is 46.6 Å². The molecule has 164 valence electrons. The number of nitrogens with one attached hydrogen (secondary N) is 1. The lowest BCUT2D eigenvalue weighted by Gasteiger charge is -2.25. The number of aryl methyl sites for hydroxylation is 1. The summed E-state index contributed by atoms with van der Waals surface area (Å²) in [5.41, 5.74) is 1.04. The number of carbonyl (C=O) groups excluding carboxylic acids is 3. The summed E-state index contributed by atoms with van der Waals surface area (Å²) >= 11 is 0. The number of para-hydroxylation sites is 1. The summed E-state index contributed by atoms with van der Waals surface area (Å²) in [6.45, 7) is 7.20. The standard InChI is InChI=1S/C24H28N2O5/c1-5-18(24(29)30-6-2)21(13-17-12-11-15(3)31-17)25-23(28)20-14-26(16(4)27)22-10-8-7-9-19(20)22/h7-12,14,18,21H,5-6,13H2,1-4H3,(H,25,28). The highest BCUT2D eigenvalue weighted by Crippen LogP contribution is 2.23. The molecule has 31 heavy (non-hydrogen) atoms. The van der Waals surface area contributed by atoms with Gasteiger partial charge in [0.05, 0.1) is 23.6 Å². The van der Waals surface area contributed by atoms with Crippen molar-refractivity contribution in [3.63, 3.8) is 0 Å². The number of hydrogen-bond donors (Lipinski definition) is 1. The molecule has 2 heterocycles. The lowest BCUT2D eigenvalue weighted by molar-refractivity contribution is -0.149. The number of nitrogens with zero attached hydrogens (tertiary/aromatic N) is 1. The molecule has 3 aromatic rings. The van der Waals surface area contributed by atoms with Crippen LogP contribution in [0.5, 0.6) is 0 Å². The largest absolute Gasteiger partial charge is 0.466 e. The SMILES string of the molecule is CCOC(=O)C(CC)C(Cc1ccc(C)o1)NC(=O)c1cn(C(C)=O)c2ccccc12. The van der Waals surface area contributed by atoms with Gasteiger partial charge in [0, 0.05) is 31.0 Å². The Morgan fingerprint density at radius 1 is 1.13 bits per heavy atom. The summed E-state index contributed by atoms with van der Waals surface area (Å²) in [6, 6.07) is 10.4. The molecule has 3 rings (SSSR count). The quantitative estimate of drug-likeness (QED) is 0.549. The molecule has 0 bridgehead atoms. The fourth-order valence-corrected chi connectivity index (χ4v) is 3.84. The van der Waals surface area contributed by atoms with Crippen molar-refractivity contribution in [1.82, 2.24) is 9.88 Å². The van der Waals surface area contributed by atoms with E-state index in [2.05, 4.69) is 5.32 Å². The first kappa shape index (κ1) is 22.3. The van der Waals surface area contributed by atoms with Gasteiger partial charge in [-0.1, -0.05) is 25.1 Å². The van der Waals surface area contributed by atoms with E-state index in [9.17, 15) is 14.4 Å². The van der Waals surface area contributed by atoms with Gasteiger partial charge in [-0.2, -0.15) is 0 Å². The summed E-state index contributed by atoms with van der Waals surface area (Å²) in [4.78, 5) is 37.9. The average Bonchev–Trinajstić information content (AvgIpc) is 3.32. The second kappa shape index (κ2) is 9.64. The number of furan rings is 1. The van der Waals surface area contributed by atoms with E-state index in [1.807, 2.05) is 38.1 Å². The number of benzene rings is 1. The fraction of sp³-hybridized carbons (Fsp3) is 0.375. The summed E-state index contributed by atoms with van der Waals surface area (Å²) in [7, 11) is 0. The Morgan fingerprint density at radius 3 is 2.48 bits per heavy atom. The van der Waals surface area contributed by atoms with E-state index in [0.717, 1.165) is 5.76 Å². The van der Waals surface area contributed by atoms with Crippen molar-refractivity contribution in [3.8, 4) is 0 Å². The molecular weight excluding hydrogens is 396 g/mol. The number of fused-ring (bicyclic) bond motifs is 1. The minimum Gasteiger partial charge on any atom is -0.466 e. The van der Waals surface area contributed by atoms with Crippen LogP contribution in [0.4, 0.5) is 0 Å². The van der Waals surface area contributed by atoms with Crippen molar-refractivity contribution >= 4 is 28.7 Å². The van der Waals surface area contributed by atoms with Crippen LogP contribution >= 0.6 is 0 Å². The molecule has 0 aliphatic carbocycles. The second-order valence-electron chi connectivity index (χ2n) is 7.51. The third kappa shape index (κ3) is 4.87. The number of hydrogen-bond acceptors (Lipinski definition) is 5. The second-order valence-corrected chi connectivity index (χ2v) is 7.51. The molecule has 0 radical (unpaired) electrons. The molecule has 1 amide bonds. The lowest BCUT2D eigenvalue weighted by Crippen LogP contribution is -2.45. The molecule has 0 saturated carbocycles.